The Kier molecular flexibility index (Phi) is 8.27. The maximum absolute atomic E-state index is 14.3. The second kappa shape index (κ2) is 10.8. The fourth-order valence-electron chi connectivity index (χ4n) is 3.62. The van der Waals surface area contributed by atoms with Crippen LogP contribution >= 0.6 is 0 Å². The van der Waals surface area contributed by atoms with Gasteiger partial charge in [-0.1, -0.05) is 11.2 Å². The standard InChI is InChI=1S/C23H19F9N4O4/c1-11-5-12(3-4-14(11)19(38)33-9-17(37)34-10-21(24,25)26)15-8-20(40-36-15,23(30,31)32)16-6-13(22(27,28)29)7-18(35-16)39-2/h3-7H,8-10H2,1-2H3,(H,33,38)(H,34,37)/t20-/m0/s1. The van der Waals surface area contributed by atoms with Crippen molar-refractivity contribution in [3.05, 3.63) is 58.3 Å². The van der Waals surface area contributed by atoms with Crippen LogP contribution in [0.3, 0.4) is 0 Å². The first-order chi connectivity index (χ1) is 18.4. The van der Waals surface area contributed by atoms with Crippen LogP contribution in [-0.2, 0) is 21.4 Å². The van der Waals surface area contributed by atoms with Crippen LogP contribution in [-0.4, -0.2) is 55.1 Å². The summed E-state index contributed by atoms with van der Waals surface area (Å²) in [5.41, 5.74) is -6.14. The normalized spacial score (nSPS) is 17.6. The number of carbonyl (C=O) groups excluding carboxylic acids is 2. The number of hydrogen-bond acceptors (Lipinski definition) is 6. The van der Waals surface area contributed by atoms with E-state index in [9.17, 15) is 49.1 Å². The van der Waals surface area contributed by atoms with Gasteiger partial charge in [0, 0.05) is 11.6 Å². The van der Waals surface area contributed by atoms with Crippen LogP contribution in [0, 0.1) is 6.92 Å². The van der Waals surface area contributed by atoms with E-state index < -0.39 is 72.6 Å². The molecule has 218 valence electrons. The van der Waals surface area contributed by atoms with Crippen LogP contribution in [0.2, 0.25) is 0 Å². The molecule has 8 nitrogen and oxygen atoms in total. The summed E-state index contributed by atoms with van der Waals surface area (Å²) >= 11 is 0. The predicted molar refractivity (Wildman–Crippen MR) is 118 cm³/mol. The smallest absolute Gasteiger partial charge is 0.437 e. The third-order valence-corrected chi connectivity index (χ3v) is 5.64. The number of aryl methyl sites for hydroxylation is 1. The summed E-state index contributed by atoms with van der Waals surface area (Å²) < 4.78 is 124. The highest BCUT2D eigenvalue weighted by atomic mass is 19.4. The lowest BCUT2D eigenvalue weighted by molar-refractivity contribution is -0.277. The van der Waals surface area contributed by atoms with Crippen molar-refractivity contribution in [2.45, 2.75) is 37.5 Å². The Morgan fingerprint density at radius 1 is 1.02 bits per heavy atom. The average Bonchev–Trinajstić information content (AvgIpc) is 3.32. The molecule has 0 fully saturated rings. The number of amides is 2. The highest BCUT2D eigenvalue weighted by Gasteiger charge is 2.64. The van der Waals surface area contributed by atoms with Crippen molar-refractivity contribution in [2.24, 2.45) is 5.16 Å². The molecule has 17 heteroatoms. The van der Waals surface area contributed by atoms with Crippen LogP contribution in [0.15, 0.2) is 35.5 Å². The molecule has 1 aliphatic heterocycles. The number of aromatic nitrogens is 1. The first-order valence-corrected chi connectivity index (χ1v) is 11.0. The summed E-state index contributed by atoms with van der Waals surface area (Å²) in [7, 11) is 0.930. The molecular formula is C23H19F9N4O4. The topological polar surface area (TPSA) is 102 Å². The van der Waals surface area contributed by atoms with Crippen LogP contribution in [0.4, 0.5) is 39.5 Å². The van der Waals surface area contributed by atoms with E-state index in [0.29, 0.717) is 6.07 Å². The van der Waals surface area contributed by atoms with Gasteiger partial charge in [-0.25, -0.2) is 4.98 Å². The Hall–Kier alpha value is -4.05. The molecule has 0 spiro atoms. The first kappa shape index (κ1) is 30.5. The zero-order valence-corrected chi connectivity index (χ0v) is 20.4. The second-order valence-corrected chi connectivity index (χ2v) is 8.52. The van der Waals surface area contributed by atoms with Gasteiger partial charge in [0.15, 0.2) is 0 Å². The Labute approximate surface area is 219 Å². The Bertz CT molecular complexity index is 1320. The van der Waals surface area contributed by atoms with E-state index in [0.717, 1.165) is 13.2 Å². The molecule has 0 radical (unpaired) electrons. The SMILES string of the molecule is COc1cc(C(F)(F)F)cc([C@]2(C(F)(F)F)CC(c3ccc(C(=O)NCC(=O)NCC(F)(F)F)c(C)c3)=NO2)n1. The van der Waals surface area contributed by atoms with Gasteiger partial charge in [-0.15, -0.1) is 0 Å². The van der Waals surface area contributed by atoms with E-state index >= 15 is 0 Å². The third-order valence-electron chi connectivity index (χ3n) is 5.64. The summed E-state index contributed by atoms with van der Waals surface area (Å²) in [6.45, 7) is -0.991. The van der Waals surface area contributed by atoms with Crippen LogP contribution in [0.1, 0.15) is 39.2 Å². The van der Waals surface area contributed by atoms with Crippen molar-refractivity contribution < 1.29 is 58.7 Å². The molecule has 2 amide bonds. The van der Waals surface area contributed by atoms with Crippen molar-refractivity contribution in [1.82, 2.24) is 15.6 Å². The Balaban J connectivity index is 1.83. The molecule has 1 atom stereocenters. The predicted octanol–water partition coefficient (Wildman–Crippen LogP) is 4.41. The van der Waals surface area contributed by atoms with Gasteiger partial charge in [0.1, 0.15) is 12.2 Å². The average molecular weight is 586 g/mol. The number of halogens is 9. The van der Waals surface area contributed by atoms with E-state index in [1.807, 2.05) is 0 Å². The Morgan fingerprint density at radius 2 is 1.70 bits per heavy atom. The molecule has 40 heavy (non-hydrogen) atoms. The molecule has 2 aromatic rings. The molecule has 2 N–H and O–H groups in total. The van der Waals surface area contributed by atoms with Crippen LogP contribution in [0.5, 0.6) is 5.88 Å². The van der Waals surface area contributed by atoms with Crippen molar-refractivity contribution in [3.8, 4) is 5.88 Å². The van der Waals surface area contributed by atoms with E-state index in [2.05, 4.69) is 20.2 Å². The quantitative estimate of drug-likeness (QED) is 0.469. The summed E-state index contributed by atoms with van der Waals surface area (Å²) in [6, 6.07) is 4.21. The molecule has 3 rings (SSSR count). The number of rotatable bonds is 7. The number of pyridine rings is 1. The van der Waals surface area contributed by atoms with Crippen molar-refractivity contribution >= 4 is 17.5 Å². The minimum absolute atomic E-state index is 0.0297. The van der Waals surface area contributed by atoms with E-state index in [4.69, 9.17) is 4.84 Å². The Morgan fingerprint density at radius 3 is 2.25 bits per heavy atom. The summed E-state index contributed by atoms with van der Waals surface area (Å²) in [4.78, 5) is 32.1. The maximum Gasteiger partial charge on any atom is 0.437 e. The van der Waals surface area contributed by atoms with Crippen molar-refractivity contribution in [2.75, 3.05) is 20.2 Å². The van der Waals surface area contributed by atoms with E-state index in [-0.39, 0.29) is 28.5 Å². The maximum atomic E-state index is 14.3. The van der Waals surface area contributed by atoms with Gasteiger partial charge in [0.25, 0.3) is 11.5 Å². The molecule has 1 aliphatic rings. The highest BCUT2D eigenvalue weighted by Crippen LogP contribution is 2.49. The van der Waals surface area contributed by atoms with Gasteiger partial charge in [0.2, 0.25) is 11.8 Å². The fourth-order valence-corrected chi connectivity index (χ4v) is 3.62. The number of hydrogen-bond donors (Lipinski definition) is 2. The number of ether oxygens (including phenoxy) is 1. The summed E-state index contributed by atoms with van der Waals surface area (Å²) in [6.07, 6.45) is -16.0. The first-order valence-electron chi connectivity index (χ1n) is 11.0. The van der Waals surface area contributed by atoms with Gasteiger partial charge in [-0.3, -0.25) is 9.59 Å². The number of nitrogens with zero attached hydrogens (tertiary/aromatic N) is 2. The van der Waals surface area contributed by atoms with E-state index in [1.165, 1.54) is 19.1 Å². The molecular weight excluding hydrogens is 567 g/mol. The van der Waals surface area contributed by atoms with Crippen molar-refractivity contribution in [1.29, 1.82) is 0 Å². The number of nitrogens with one attached hydrogen (secondary N) is 2. The largest absolute Gasteiger partial charge is 0.481 e. The monoisotopic (exact) mass is 586 g/mol. The summed E-state index contributed by atoms with van der Waals surface area (Å²) in [5.74, 6) is -2.70. The van der Waals surface area contributed by atoms with Gasteiger partial charge < -0.3 is 20.2 Å². The minimum atomic E-state index is -5.28. The van der Waals surface area contributed by atoms with Crippen molar-refractivity contribution in [3.63, 3.8) is 0 Å². The number of benzene rings is 1. The number of alkyl halides is 9. The zero-order valence-electron chi connectivity index (χ0n) is 20.4. The summed E-state index contributed by atoms with van der Waals surface area (Å²) in [5, 5.41) is 7.13. The molecule has 0 aliphatic carbocycles. The van der Waals surface area contributed by atoms with Gasteiger partial charge in [-0.05, 0) is 36.2 Å². The van der Waals surface area contributed by atoms with Gasteiger partial charge in [0.05, 0.1) is 31.4 Å². The molecule has 0 unspecified atom stereocenters. The molecule has 1 aromatic carbocycles. The van der Waals surface area contributed by atoms with Crippen LogP contribution < -0.4 is 15.4 Å². The molecule has 0 saturated heterocycles. The molecule has 1 aromatic heterocycles. The number of oxime groups is 1. The molecule has 0 bridgehead atoms. The highest BCUT2D eigenvalue weighted by molar-refractivity contribution is 6.04. The minimum Gasteiger partial charge on any atom is -0.481 e. The van der Waals surface area contributed by atoms with E-state index in [1.54, 1.807) is 5.32 Å². The molecule has 0 saturated carbocycles. The number of carbonyl (C=O) groups is 2. The zero-order chi connectivity index (χ0) is 30.1. The molecule has 2 heterocycles. The second-order valence-electron chi connectivity index (χ2n) is 8.52. The van der Waals surface area contributed by atoms with Gasteiger partial charge >= 0.3 is 18.5 Å². The van der Waals surface area contributed by atoms with Crippen LogP contribution in [0.25, 0.3) is 0 Å². The lowest BCUT2D eigenvalue weighted by Gasteiger charge is -2.29. The third kappa shape index (κ3) is 6.74. The van der Waals surface area contributed by atoms with Gasteiger partial charge in [-0.2, -0.15) is 39.5 Å². The number of methoxy groups -OCH3 is 1. The lowest BCUT2D eigenvalue weighted by atomic mass is 9.88. The fraction of sp³-hybridized carbons (Fsp3) is 0.391. The lowest BCUT2D eigenvalue weighted by Crippen LogP contribution is -2.43.